The van der Waals surface area contributed by atoms with Crippen LogP contribution in [-0.4, -0.2) is 7.05 Å². The topological polar surface area (TPSA) is 3.24 Å². The minimum atomic E-state index is 1.03. The molecule has 0 radical (unpaired) electrons. The van der Waals surface area contributed by atoms with Crippen LogP contribution in [0.2, 0.25) is 0 Å². The van der Waals surface area contributed by atoms with Crippen LogP contribution in [0.1, 0.15) is 11.1 Å². The minimum absolute atomic E-state index is 1.03. The third kappa shape index (κ3) is 1.93. The van der Waals surface area contributed by atoms with Gasteiger partial charge in [0.1, 0.15) is 0 Å². The molecule has 1 aliphatic rings. The molecular weight excluding hydrogens is 254 g/mol. The number of rotatable bonds is 2. The Kier molecular flexibility index (Phi) is 2.78. The van der Waals surface area contributed by atoms with Crippen molar-refractivity contribution in [2.24, 2.45) is 0 Å². The Morgan fingerprint density at radius 2 is 1.43 bits per heavy atom. The smallest absolute Gasteiger partial charge is 0.0450 e. The monoisotopic (exact) mass is 271 g/mol. The molecule has 0 amide bonds. The molecule has 4 rings (SSSR count). The van der Waals surface area contributed by atoms with Crippen LogP contribution in [0.25, 0.3) is 11.1 Å². The van der Waals surface area contributed by atoms with Gasteiger partial charge in [-0.2, -0.15) is 0 Å². The van der Waals surface area contributed by atoms with E-state index >= 15 is 0 Å². The Morgan fingerprint density at radius 3 is 2.29 bits per heavy atom. The summed E-state index contributed by atoms with van der Waals surface area (Å²) in [4.78, 5) is 2.28. The van der Waals surface area contributed by atoms with Crippen molar-refractivity contribution >= 4 is 11.4 Å². The first-order valence-electron chi connectivity index (χ1n) is 7.33. The lowest BCUT2D eigenvalue weighted by molar-refractivity contribution is 1.16. The average Bonchev–Trinajstić information content (AvgIpc) is 2.94. The van der Waals surface area contributed by atoms with Crippen molar-refractivity contribution in [3.05, 3.63) is 83.9 Å². The van der Waals surface area contributed by atoms with Crippen molar-refractivity contribution in [2.75, 3.05) is 11.9 Å². The predicted molar refractivity (Wildman–Crippen MR) is 89.2 cm³/mol. The summed E-state index contributed by atoms with van der Waals surface area (Å²) in [6.07, 6.45) is 1.03. The number of hydrogen-bond donors (Lipinski definition) is 0. The Morgan fingerprint density at radius 1 is 0.714 bits per heavy atom. The highest BCUT2D eigenvalue weighted by molar-refractivity contribution is 5.83. The van der Waals surface area contributed by atoms with Crippen molar-refractivity contribution in [1.82, 2.24) is 0 Å². The van der Waals surface area contributed by atoms with Crippen molar-refractivity contribution in [3.63, 3.8) is 0 Å². The lowest BCUT2D eigenvalue weighted by Crippen LogP contribution is -2.11. The normalized spacial score (nSPS) is 11.9. The van der Waals surface area contributed by atoms with E-state index < -0.39 is 0 Å². The molecule has 0 N–H and O–H groups in total. The van der Waals surface area contributed by atoms with Crippen molar-refractivity contribution in [3.8, 4) is 11.1 Å². The van der Waals surface area contributed by atoms with Crippen LogP contribution >= 0.6 is 0 Å². The first-order chi connectivity index (χ1) is 10.3. The van der Waals surface area contributed by atoms with Crippen LogP contribution in [-0.2, 0) is 6.42 Å². The molecule has 1 heteroatoms. The van der Waals surface area contributed by atoms with E-state index in [1.165, 1.54) is 33.6 Å². The Balaban J connectivity index is 1.83. The van der Waals surface area contributed by atoms with Crippen LogP contribution in [0.5, 0.6) is 0 Å². The van der Waals surface area contributed by atoms with Crippen LogP contribution in [0.4, 0.5) is 11.4 Å². The molecule has 0 saturated heterocycles. The zero-order valence-corrected chi connectivity index (χ0v) is 12.1. The first kappa shape index (κ1) is 12.2. The van der Waals surface area contributed by atoms with Crippen LogP contribution in [0.15, 0.2) is 72.8 Å². The maximum atomic E-state index is 2.28. The summed E-state index contributed by atoms with van der Waals surface area (Å²) in [5.74, 6) is 0. The highest BCUT2D eigenvalue weighted by atomic mass is 15.1. The number of hydrogen-bond acceptors (Lipinski definition) is 1. The van der Waals surface area contributed by atoms with Gasteiger partial charge in [-0.1, -0.05) is 54.6 Å². The van der Waals surface area contributed by atoms with Gasteiger partial charge in [-0.15, -0.1) is 0 Å². The highest BCUT2D eigenvalue weighted by Gasteiger charge is 2.22. The molecule has 0 unspecified atom stereocenters. The molecule has 0 saturated carbocycles. The quantitative estimate of drug-likeness (QED) is 0.494. The van der Waals surface area contributed by atoms with E-state index in [-0.39, 0.29) is 0 Å². The lowest BCUT2D eigenvalue weighted by atomic mass is 10.0. The molecular formula is C20H17N. The number of anilines is 2. The van der Waals surface area contributed by atoms with E-state index in [2.05, 4.69) is 84.7 Å². The van der Waals surface area contributed by atoms with Gasteiger partial charge < -0.3 is 4.90 Å². The number of benzene rings is 3. The first-order valence-corrected chi connectivity index (χ1v) is 7.33. The maximum Gasteiger partial charge on any atom is 0.0450 e. The van der Waals surface area contributed by atoms with Crippen LogP contribution in [0, 0.1) is 0 Å². The van der Waals surface area contributed by atoms with Gasteiger partial charge in [0.15, 0.2) is 0 Å². The van der Waals surface area contributed by atoms with E-state index in [4.69, 9.17) is 0 Å². The molecule has 0 fully saturated rings. The highest BCUT2D eigenvalue weighted by Crippen LogP contribution is 2.42. The standard InChI is InChI=1S/C20H17N/c1-21(16-9-3-2-4-10-16)20-13-7-12-18-17-11-6-5-8-15(17)14-19(18)20/h2-13H,14H2,1H3. The zero-order chi connectivity index (χ0) is 14.2. The van der Waals surface area contributed by atoms with E-state index in [9.17, 15) is 0 Å². The summed E-state index contributed by atoms with van der Waals surface area (Å²) < 4.78 is 0. The third-order valence-corrected chi connectivity index (χ3v) is 4.33. The molecule has 102 valence electrons. The zero-order valence-electron chi connectivity index (χ0n) is 12.1. The molecule has 0 aliphatic heterocycles. The minimum Gasteiger partial charge on any atom is -0.344 e. The Labute approximate surface area is 125 Å². The van der Waals surface area contributed by atoms with Gasteiger partial charge in [0.05, 0.1) is 0 Å². The number of nitrogens with zero attached hydrogens (tertiary/aromatic N) is 1. The fraction of sp³-hybridized carbons (Fsp3) is 0.100. The summed E-state index contributed by atoms with van der Waals surface area (Å²) in [5.41, 5.74) is 8.16. The van der Waals surface area contributed by atoms with Gasteiger partial charge in [-0.05, 0) is 40.5 Å². The summed E-state index contributed by atoms with van der Waals surface area (Å²) >= 11 is 0. The summed E-state index contributed by atoms with van der Waals surface area (Å²) in [6.45, 7) is 0. The molecule has 0 atom stereocenters. The van der Waals surface area contributed by atoms with E-state index in [0.717, 1.165) is 6.42 Å². The molecule has 1 nitrogen and oxygen atoms in total. The summed E-state index contributed by atoms with van der Waals surface area (Å²) in [6, 6.07) is 25.9. The van der Waals surface area contributed by atoms with Gasteiger partial charge in [0.25, 0.3) is 0 Å². The maximum absolute atomic E-state index is 2.28. The van der Waals surface area contributed by atoms with Gasteiger partial charge >= 0.3 is 0 Å². The van der Waals surface area contributed by atoms with Crippen molar-refractivity contribution in [1.29, 1.82) is 0 Å². The molecule has 3 aromatic rings. The SMILES string of the molecule is CN(c1ccccc1)c1cccc2c1Cc1ccccc1-2. The molecule has 0 heterocycles. The molecule has 0 bridgehead atoms. The van der Waals surface area contributed by atoms with E-state index in [1.807, 2.05) is 0 Å². The van der Waals surface area contributed by atoms with Gasteiger partial charge in [0.2, 0.25) is 0 Å². The molecule has 21 heavy (non-hydrogen) atoms. The van der Waals surface area contributed by atoms with Crippen LogP contribution < -0.4 is 4.90 Å². The molecule has 0 aromatic heterocycles. The second kappa shape index (κ2) is 4.78. The number of fused-ring (bicyclic) bond motifs is 3. The van der Waals surface area contributed by atoms with Crippen LogP contribution in [0.3, 0.4) is 0 Å². The lowest BCUT2D eigenvalue weighted by Gasteiger charge is -2.22. The number of para-hydroxylation sites is 1. The Bertz CT molecular complexity index is 790. The average molecular weight is 271 g/mol. The summed E-state index contributed by atoms with van der Waals surface area (Å²) in [5, 5.41) is 0. The predicted octanol–water partition coefficient (Wildman–Crippen LogP) is 5.03. The second-order valence-corrected chi connectivity index (χ2v) is 5.53. The largest absolute Gasteiger partial charge is 0.344 e. The van der Waals surface area contributed by atoms with E-state index in [0.29, 0.717) is 0 Å². The fourth-order valence-electron chi connectivity index (χ4n) is 3.25. The van der Waals surface area contributed by atoms with Gasteiger partial charge in [0, 0.05) is 24.8 Å². The fourth-order valence-corrected chi connectivity index (χ4v) is 3.25. The second-order valence-electron chi connectivity index (χ2n) is 5.53. The van der Waals surface area contributed by atoms with Gasteiger partial charge in [-0.3, -0.25) is 0 Å². The van der Waals surface area contributed by atoms with E-state index in [1.54, 1.807) is 0 Å². The molecule has 0 spiro atoms. The Hall–Kier alpha value is -2.54. The summed E-state index contributed by atoms with van der Waals surface area (Å²) in [7, 11) is 2.15. The third-order valence-electron chi connectivity index (χ3n) is 4.33. The van der Waals surface area contributed by atoms with Gasteiger partial charge in [-0.25, -0.2) is 0 Å². The van der Waals surface area contributed by atoms with Crippen molar-refractivity contribution in [2.45, 2.75) is 6.42 Å². The molecule has 3 aromatic carbocycles. The van der Waals surface area contributed by atoms with Crippen molar-refractivity contribution < 1.29 is 0 Å². The molecule has 1 aliphatic carbocycles.